The molecule has 2 atom stereocenters. The second-order valence-corrected chi connectivity index (χ2v) is 6.43. The number of carbonyl (C=O) groups excluding carboxylic acids is 1. The van der Waals surface area contributed by atoms with Crippen LogP contribution in [0, 0.1) is 0 Å². The number of amides is 1. The standard InChI is InChI=1S/C16H28N2O4/c1-13-15(22-12-11-21-13)16(19)18-6-3-14(4-7-18)17-5-2-9-20-10-8-17/h13-15H,2-12H2,1H3/t13-,15-/m0/s1. The molecule has 0 aromatic rings. The predicted molar refractivity (Wildman–Crippen MR) is 81.8 cm³/mol. The van der Waals surface area contributed by atoms with E-state index in [9.17, 15) is 4.79 Å². The Labute approximate surface area is 132 Å². The third-order valence-corrected chi connectivity index (χ3v) is 4.98. The highest BCUT2D eigenvalue weighted by molar-refractivity contribution is 5.81. The van der Waals surface area contributed by atoms with Crippen LogP contribution in [-0.4, -0.2) is 86.6 Å². The van der Waals surface area contributed by atoms with Crippen molar-refractivity contribution in [3.8, 4) is 0 Å². The van der Waals surface area contributed by atoms with Crippen LogP contribution >= 0.6 is 0 Å². The van der Waals surface area contributed by atoms with E-state index in [1.165, 1.54) is 0 Å². The lowest BCUT2D eigenvalue weighted by molar-refractivity contribution is -0.172. The number of rotatable bonds is 2. The van der Waals surface area contributed by atoms with Gasteiger partial charge in [0.1, 0.15) is 0 Å². The molecule has 0 radical (unpaired) electrons. The second-order valence-electron chi connectivity index (χ2n) is 6.43. The van der Waals surface area contributed by atoms with Gasteiger partial charge in [-0.1, -0.05) is 0 Å². The van der Waals surface area contributed by atoms with E-state index in [0.29, 0.717) is 19.3 Å². The van der Waals surface area contributed by atoms with Crippen molar-refractivity contribution in [2.45, 2.75) is 44.4 Å². The van der Waals surface area contributed by atoms with E-state index in [4.69, 9.17) is 14.2 Å². The quantitative estimate of drug-likeness (QED) is 0.743. The van der Waals surface area contributed by atoms with Crippen LogP contribution in [0.4, 0.5) is 0 Å². The zero-order valence-electron chi connectivity index (χ0n) is 13.5. The van der Waals surface area contributed by atoms with E-state index >= 15 is 0 Å². The first-order chi connectivity index (χ1) is 10.8. The highest BCUT2D eigenvalue weighted by Gasteiger charge is 2.35. The second kappa shape index (κ2) is 7.73. The van der Waals surface area contributed by atoms with Gasteiger partial charge in [-0.3, -0.25) is 9.69 Å². The Hall–Kier alpha value is -0.690. The van der Waals surface area contributed by atoms with E-state index in [0.717, 1.165) is 58.7 Å². The molecule has 1 amide bonds. The highest BCUT2D eigenvalue weighted by atomic mass is 16.6. The van der Waals surface area contributed by atoms with Crippen LogP contribution in [0.15, 0.2) is 0 Å². The number of piperidine rings is 1. The van der Waals surface area contributed by atoms with Gasteiger partial charge in [-0.05, 0) is 26.2 Å². The Morgan fingerprint density at radius 1 is 0.955 bits per heavy atom. The number of carbonyl (C=O) groups is 1. The molecule has 0 spiro atoms. The molecule has 3 aliphatic rings. The molecule has 3 aliphatic heterocycles. The van der Waals surface area contributed by atoms with Crippen LogP contribution in [0.3, 0.4) is 0 Å². The molecule has 0 aromatic heterocycles. The van der Waals surface area contributed by atoms with Gasteiger partial charge in [0.05, 0.1) is 25.9 Å². The molecule has 0 unspecified atom stereocenters. The average molecular weight is 312 g/mol. The minimum Gasteiger partial charge on any atom is -0.380 e. The smallest absolute Gasteiger partial charge is 0.254 e. The number of hydrogen-bond donors (Lipinski definition) is 0. The summed E-state index contributed by atoms with van der Waals surface area (Å²) in [6.45, 7) is 8.54. The summed E-state index contributed by atoms with van der Waals surface area (Å²) in [7, 11) is 0. The van der Waals surface area contributed by atoms with Gasteiger partial charge in [0.15, 0.2) is 6.10 Å². The summed E-state index contributed by atoms with van der Waals surface area (Å²) in [6, 6.07) is 0.590. The molecule has 3 saturated heterocycles. The molecule has 6 heteroatoms. The monoisotopic (exact) mass is 312 g/mol. The normalized spacial score (nSPS) is 32.7. The van der Waals surface area contributed by atoms with Crippen molar-refractivity contribution in [3.05, 3.63) is 0 Å². The van der Waals surface area contributed by atoms with Crippen LogP contribution in [0.5, 0.6) is 0 Å². The summed E-state index contributed by atoms with van der Waals surface area (Å²) < 4.78 is 16.7. The molecule has 3 fully saturated rings. The molecule has 0 N–H and O–H groups in total. The topological polar surface area (TPSA) is 51.2 Å². The van der Waals surface area contributed by atoms with Crippen molar-refractivity contribution in [1.82, 2.24) is 9.80 Å². The van der Waals surface area contributed by atoms with E-state index < -0.39 is 6.10 Å². The zero-order chi connectivity index (χ0) is 15.4. The fraction of sp³-hybridized carbons (Fsp3) is 0.938. The van der Waals surface area contributed by atoms with E-state index in [1.807, 2.05) is 11.8 Å². The fourth-order valence-corrected chi connectivity index (χ4v) is 3.67. The van der Waals surface area contributed by atoms with Crippen molar-refractivity contribution in [2.24, 2.45) is 0 Å². The summed E-state index contributed by atoms with van der Waals surface area (Å²) in [4.78, 5) is 17.1. The SMILES string of the molecule is C[C@@H]1OCCO[C@@H]1C(=O)N1CCC(N2CCCOCC2)CC1. The summed E-state index contributed by atoms with van der Waals surface area (Å²) >= 11 is 0. The predicted octanol–water partition coefficient (Wildman–Crippen LogP) is 0.504. The summed E-state index contributed by atoms with van der Waals surface area (Å²) in [5, 5.41) is 0. The lowest BCUT2D eigenvalue weighted by Gasteiger charge is -2.40. The maximum Gasteiger partial charge on any atom is 0.254 e. The first-order valence-electron chi connectivity index (χ1n) is 8.59. The zero-order valence-corrected chi connectivity index (χ0v) is 13.5. The fourth-order valence-electron chi connectivity index (χ4n) is 3.67. The Morgan fingerprint density at radius 2 is 1.73 bits per heavy atom. The number of hydrogen-bond acceptors (Lipinski definition) is 5. The van der Waals surface area contributed by atoms with Gasteiger partial charge in [0.25, 0.3) is 5.91 Å². The molecule has 0 aromatic carbocycles. The van der Waals surface area contributed by atoms with Gasteiger partial charge < -0.3 is 19.1 Å². The van der Waals surface area contributed by atoms with Crippen LogP contribution in [0.25, 0.3) is 0 Å². The van der Waals surface area contributed by atoms with Crippen LogP contribution < -0.4 is 0 Å². The van der Waals surface area contributed by atoms with Gasteiger partial charge in [-0.2, -0.15) is 0 Å². The van der Waals surface area contributed by atoms with E-state index in [1.54, 1.807) is 0 Å². The molecule has 126 valence electrons. The molecule has 0 aliphatic carbocycles. The molecular weight excluding hydrogens is 284 g/mol. The van der Waals surface area contributed by atoms with Crippen molar-refractivity contribution >= 4 is 5.91 Å². The van der Waals surface area contributed by atoms with Gasteiger partial charge in [0, 0.05) is 38.8 Å². The van der Waals surface area contributed by atoms with Gasteiger partial charge in [-0.25, -0.2) is 0 Å². The van der Waals surface area contributed by atoms with Gasteiger partial charge in [0.2, 0.25) is 0 Å². The van der Waals surface area contributed by atoms with E-state index in [-0.39, 0.29) is 12.0 Å². The molecule has 3 heterocycles. The number of likely N-dealkylation sites (tertiary alicyclic amines) is 1. The molecule has 0 bridgehead atoms. The van der Waals surface area contributed by atoms with Crippen LogP contribution in [0.2, 0.25) is 0 Å². The summed E-state index contributed by atoms with van der Waals surface area (Å²) in [6.07, 6.45) is 2.66. The molecule has 6 nitrogen and oxygen atoms in total. The first kappa shape index (κ1) is 16.2. The first-order valence-corrected chi connectivity index (χ1v) is 8.59. The third-order valence-electron chi connectivity index (χ3n) is 4.98. The van der Waals surface area contributed by atoms with Gasteiger partial charge in [-0.15, -0.1) is 0 Å². The Balaban J connectivity index is 1.49. The third kappa shape index (κ3) is 3.79. The van der Waals surface area contributed by atoms with Crippen molar-refractivity contribution in [2.75, 3.05) is 52.6 Å². The molecule has 22 heavy (non-hydrogen) atoms. The maximum atomic E-state index is 12.6. The summed E-state index contributed by atoms with van der Waals surface area (Å²) in [5.41, 5.74) is 0. The minimum atomic E-state index is -0.420. The molecular formula is C16H28N2O4. The Morgan fingerprint density at radius 3 is 2.50 bits per heavy atom. The van der Waals surface area contributed by atoms with Gasteiger partial charge >= 0.3 is 0 Å². The largest absolute Gasteiger partial charge is 0.380 e. The Bertz CT molecular complexity index is 363. The van der Waals surface area contributed by atoms with Crippen molar-refractivity contribution in [3.63, 3.8) is 0 Å². The highest BCUT2D eigenvalue weighted by Crippen LogP contribution is 2.21. The van der Waals surface area contributed by atoms with Crippen LogP contribution in [0.1, 0.15) is 26.2 Å². The molecule has 0 saturated carbocycles. The lowest BCUT2D eigenvalue weighted by Crippen LogP contribution is -2.53. The average Bonchev–Trinajstić information content (AvgIpc) is 2.84. The minimum absolute atomic E-state index is 0.102. The number of nitrogens with zero attached hydrogens (tertiary/aromatic N) is 2. The lowest BCUT2D eigenvalue weighted by atomic mass is 10.0. The van der Waals surface area contributed by atoms with E-state index in [2.05, 4.69) is 4.90 Å². The summed E-state index contributed by atoms with van der Waals surface area (Å²) in [5.74, 6) is 0.102. The Kier molecular flexibility index (Phi) is 5.68. The van der Waals surface area contributed by atoms with Crippen molar-refractivity contribution in [1.29, 1.82) is 0 Å². The number of ether oxygens (including phenoxy) is 3. The molecule has 3 rings (SSSR count). The van der Waals surface area contributed by atoms with Crippen molar-refractivity contribution < 1.29 is 19.0 Å². The van der Waals surface area contributed by atoms with Crippen LogP contribution in [-0.2, 0) is 19.0 Å². The maximum absolute atomic E-state index is 12.6.